The van der Waals surface area contributed by atoms with Gasteiger partial charge in [0.2, 0.25) is 5.91 Å². The highest BCUT2D eigenvalue weighted by molar-refractivity contribution is 5.90. The lowest BCUT2D eigenvalue weighted by atomic mass is 9.96. The standard InChI is InChI=1S/C31H43N5O5/c1-21-18-36(22(2)20-37)29(38)17-23-16-26(33-30(39)32-24-10-6-4-7-11-24)14-15-27(23)41-28(21)19-35(3)31(40)34-25-12-8-5-9-13-25/h5,8-9,12-16,21-22,24,28,37H,4,6-7,10-11,17-20H2,1-3H3,(H,34,40)(H2,32,33,39)/t21-,22+,28+/m1/s1. The summed E-state index contributed by atoms with van der Waals surface area (Å²) in [4.78, 5) is 42.3. The Morgan fingerprint density at radius 3 is 2.51 bits per heavy atom. The number of likely N-dealkylation sites (N-methyl/N-ethyl adjacent to an activating group) is 1. The molecule has 0 unspecified atom stereocenters. The van der Waals surface area contributed by atoms with E-state index >= 15 is 0 Å². The van der Waals surface area contributed by atoms with Crippen LogP contribution in [0, 0.1) is 5.92 Å². The minimum absolute atomic E-state index is 0.0587. The molecule has 10 heteroatoms. The van der Waals surface area contributed by atoms with Crippen molar-refractivity contribution < 1.29 is 24.2 Å². The average molecular weight is 566 g/mol. The summed E-state index contributed by atoms with van der Waals surface area (Å²) < 4.78 is 6.50. The highest BCUT2D eigenvalue weighted by atomic mass is 16.5. The zero-order valence-electron chi connectivity index (χ0n) is 24.3. The Bertz CT molecular complexity index is 1190. The highest BCUT2D eigenvalue weighted by Gasteiger charge is 2.32. The number of rotatable bonds is 7. The molecular weight excluding hydrogens is 522 g/mol. The number of aliphatic hydroxyl groups excluding tert-OH is 1. The van der Waals surface area contributed by atoms with Gasteiger partial charge in [-0.2, -0.15) is 0 Å². The van der Waals surface area contributed by atoms with Crippen LogP contribution in [-0.2, 0) is 11.2 Å². The molecule has 2 aromatic rings. The van der Waals surface area contributed by atoms with Crippen LogP contribution in [0.3, 0.4) is 0 Å². The molecule has 1 fully saturated rings. The Morgan fingerprint density at radius 2 is 1.80 bits per heavy atom. The molecule has 2 aromatic carbocycles. The van der Waals surface area contributed by atoms with Gasteiger partial charge in [0.15, 0.2) is 0 Å². The summed E-state index contributed by atoms with van der Waals surface area (Å²) in [7, 11) is 1.71. The van der Waals surface area contributed by atoms with Crippen LogP contribution in [0.2, 0.25) is 0 Å². The number of carbonyl (C=O) groups is 3. The first kappa shape index (κ1) is 30.2. The lowest BCUT2D eigenvalue weighted by Crippen LogP contribution is -2.48. The molecule has 3 atom stereocenters. The number of hydrogen-bond acceptors (Lipinski definition) is 5. The van der Waals surface area contributed by atoms with Crippen molar-refractivity contribution in [1.29, 1.82) is 0 Å². The number of para-hydroxylation sites is 1. The van der Waals surface area contributed by atoms with Crippen molar-refractivity contribution >= 4 is 29.3 Å². The Balaban J connectivity index is 1.53. The fraction of sp³-hybridized carbons (Fsp3) is 0.516. The van der Waals surface area contributed by atoms with Crippen molar-refractivity contribution in [3.63, 3.8) is 0 Å². The quantitative estimate of drug-likeness (QED) is 0.395. The van der Waals surface area contributed by atoms with Crippen molar-refractivity contribution in [3.05, 3.63) is 54.1 Å². The van der Waals surface area contributed by atoms with Crippen molar-refractivity contribution in [2.24, 2.45) is 5.92 Å². The van der Waals surface area contributed by atoms with E-state index in [0.717, 1.165) is 25.7 Å². The number of amides is 5. The van der Waals surface area contributed by atoms with Gasteiger partial charge in [-0.15, -0.1) is 0 Å². The lowest BCUT2D eigenvalue weighted by Gasteiger charge is -2.34. The number of nitrogens with zero attached hydrogens (tertiary/aromatic N) is 2. The average Bonchev–Trinajstić information content (AvgIpc) is 3.01. The van der Waals surface area contributed by atoms with E-state index in [1.165, 1.54) is 6.42 Å². The second-order valence-corrected chi connectivity index (χ2v) is 11.3. The van der Waals surface area contributed by atoms with Gasteiger partial charge in [-0.25, -0.2) is 9.59 Å². The van der Waals surface area contributed by atoms with Crippen LogP contribution in [0.25, 0.3) is 0 Å². The van der Waals surface area contributed by atoms with E-state index < -0.39 is 6.10 Å². The zero-order chi connectivity index (χ0) is 29.4. The normalized spacial score (nSPS) is 20.4. The summed E-state index contributed by atoms with van der Waals surface area (Å²) in [6.07, 6.45) is 5.03. The SMILES string of the molecule is C[C@@H]1CN([C@@H](C)CO)C(=O)Cc2cc(NC(=O)NC3CCCCC3)ccc2O[C@H]1CN(C)C(=O)Nc1ccccc1. The topological polar surface area (TPSA) is 123 Å². The van der Waals surface area contributed by atoms with Crippen molar-refractivity contribution in [3.8, 4) is 5.75 Å². The first-order chi connectivity index (χ1) is 19.7. The summed E-state index contributed by atoms with van der Waals surface area (Å²) in [5.74, 6) is 0.247. The third kappa shape index (κ3) is 8.36. The van der Waals surface area contributed by atoms with Crippen LogP contribution in [0.15, 0.2) is 48.5 Å². The summed E-state index contributed by atoms with van der Waals surface area (Å²) in [6, 6.07) is 13.8. The van der Waals surface area contributed by atoms with Gasteiger partial charge in [0.05, 0.1) is 25.6 Å². The maximum absolute atomic E-state index is 13.5. The number of aliphatic hydroxyl groups is 1. The molecule has 0 aromatic heterocycles. The summed E-state index contributed by atoms with van der Waals surface area (Å²) >= 11 is 0. The molecular formula is C31H43N5O5. The zero-order valence-corrected chi connectivity index (χ0v) is 24.3. The molecule has 10 nitrogen and oxygen atoms in total. The Morgan fingerprint density at radius 1 is 1.07 bits per heavy atom. The van der Waals surface area contributed by atoms with Crippen LogP contribution < -0.4 is 20.7 Å². The van der Waals surface area contributed by atoms with Crippen LogP contribution in [0.4, 0.5) is 21.0 Å². The third-order valence-electron chi connectivity index (χ3n) is 7.94. The van der Waals surface area contributed by atoms with E-state index in [1.807, 2.05) is 44.2 Å². The lowest BCUT2D eigenvalue weighted by molar-refractivity contribution is -0.134. The Kier molecular flexibility index (Phi) is 10.5. The summed E-state index contributed by atoms with van der Waals surface area (Å²) in [5.41, 5.74) is 1.90. The number of fused-ring (bicyclic) bond motifs is 1. The van der Waals surface area contributed by atoms with Gasteiger partial charge >= 0.3 is 12.1 Å². The van der Waals surface area contributed by atoms with Crippen molar-refractivity contribution in [1.82, 2.24) is 15.1 Å². The fourth-order valence-corrected chi connectivity index (χ4v) is 5.42. The van der Waals surface area contributed by atoms with Gasteiger partial charge in [-0.3, -0.25) is 4.79 Å². The van der Waals surface area contributed by atoms with Crippen molar-refractivity contribution in [2.45, 2.75) is 70.6 Å². The Hall–Kier alpha value is -3.79. The molecule has 0 saturated heterocycles. The molecule has 4 N–H and O–H groups in total. The second kappa shape index (κ2) is 14.2. The van der Waals surface area contributed by atoms with Gasteiger partial charge < -0.3 is 35.6 Å². The van der Waals surface area contributed by atoms with E-state index in [4.69, 9.17) is 4.74 Å². The maximum atomic E-state index is 13.5. The molecule has 0 bridgehead atoms. The molecule has 1 saturated carbocycles. The molecule has 1 heterocycles. The third-order valence-corrected chi connectivity index (χ3v) is 7.94. The Labute approximate surface area is 242 Å². The van der Waals surface area contributed by atoms with Gasteiger partial charge in [0.1, 0.15) is 11.9 Å². The highest BCUT2D eigenvalue weighted by Crippen LogP contribution is 2.29. The van der Waals surface area contributed by atoms with E-state index in [9.17, 15) is 19.5 Å². The minimum Gasteiger partial charge on any atom is -0.488 e. The molecule has 4 rings (SSSR count). The molecule has 0 radical (unpaired) electrons. The predicted molar refractivity (Wildman–Crippen MR) is 159 cm³/mol. The molecule has 222 valence electrons. The van der Waals surface area contributed by atoms with Gasteiger partial charge in [0, 0.05) is 42.5 Å². The monoisotopic (exact) mass is 565 g/mol. The molecule has 5 amide bonds. The molecule has 1 aliphatic carbocycles. The molecule has 41 heavy (non-hydrogen) atoms. The molecule has 1 aliphatic heterocycles. The summed E-state index contributed by atoms with van der Waals surface area (Å²) in [5, 5.41) is 18.7. The molecule has 0 spiro atoms. The number of nitrogens with one attached hydrogen (secondary N) is 3. The van der Waals surface area contributed by atoms with E-state index in [-0.39, 0.29) is 55.5 Å². The second-order valence-electron chi connectivity index (χ2n) is 11.3. The maximum Gasteiger partial charge on any atom is 0.321 e. The minimum atomic E-state index is -0.437. The first-order valence-electron chi connectivity index (χ1n) is 14.6. The number of ether oxygens (including phenoxy) is 1. The van der Waals surface area contributed by atoms with E-state index in [2.05, 4.69) is 16.0 Å². The van der Waals surface area contributed by atoms with Crippen LogP contribution in [0.5, 0.6) is 5.75 Å². The van der Waals surface area contributed by atoms with Crippen LogP contribution >= 0.6 is 0 Å². The van der Waals surface area contributed by atoms with Crippen molar-refractivity contribution in [2.75, 3.05) is 37.4 Å². The van der Waals surface area contributed by atoms with Crippen LogP contribution in [-0.4, -0.2) is 77.8 Å². The number of urea groups is 2. The predicted octanol–water partition coefficient (Wildman–Crippen LogP) is 4.45. The molecule has 2 aliphatic rings. The smallest absolute Gasteiger partial charge is 0.321 e. The number of anilines is 2. The number of hydrogen-bond donors (Lipinski definition) is 4. The first-order valence-corrected chi connectivity index (χ1v) is 14.6. The van der Waals surface area contributed by atoms with Gasteiger partial charge in [-0.05, 0) is 50.1 Å². The van der Waals surface area contributed by atoms with E-state index in [0.29, 0.717) is 29.2 Å². The number of benzene rings is 2. The van der Waals surface area contributed by atoms with Gasteiger partial charge in [-0.1, -0.05) is 44.4 Å². The van der Waals surface area contributed by atoms with Crippen LogP contribution in [0.1, 0.15) is 51.5 Å². The fourth-order valence-electron chi connectivity index (χ4n) is 5.42. The summed E-state index contributed by atoms with van der Waals surface area (Å²) in [6.45, 7) is 4.26. The number of carbonyl (C=O) groups excluding carboxylic acids is 3. The van der Waals surface area contributed by atoms with Gasteiger partial charge in [0.25, 0.3) is 0 Å². The largest absolute Gasteiger partial charge is 0.488 e. The van der Waals surface area contributed by atoms with E-state index in [1.54, 1.807) is 35.0 Å².